The van der Waals surface area contributed by atoms with E-state index in [2.05, 4.69) is 10.3 Å². The van der Waals surface area contributed by atoms with E-state index in [-0.39, 0.29) is 29.8 Å². The molecular weight excluding hydrogens is 382 g/mol. The summed E-state index contributed by atoms with van der Waals surface area (Å²) < 4.78 is 11.5. The van der Waals surface area contributed by atoms with E-state index in [9.17, 15) is 9.59 Å². The van der Waals surface area contributed by atoms with E-state index in [4.69, 9.17) is 9.47 Å². The molecule has 2 amide bonds. The summed E-state index contributed by atoms with van der Waals surface area (Å²) in [5.74, 6) is 1.89. The van der Waals surface area contributed by atoms with Crippen molar-refractivity contribution in [3.63, 3.8) is 0 Å². The molecule has 7 nitrogen and oxygen atoms in total. The first-order chi connectivity index (χ1) is 14.0. The fourth-order valence-electron chi connectivity index (χ4n) is 4.34. The maximum Gasteiger partial charge on any atom is 0.410 e. The summed E-state index contributed by atoms with van der Waals surface area (Å²) >= 11 is 0. The molecule has 3 aliphatic rings. The molecule has 1 aliphatic heterocycles. The van der Waals surface area contributed by atoms with Crippen LogP contribution in [0.25, 0.3) is 0 Å². The second-order valence-corrected chi connectivity index (χ2v) is 10.6. The zero-order valence-corrected chi connectivity index (χ0v) is 18.6. The Labute approximate surface area is 178 Å². The van der Waals surface area contributed by atoms with Gasteiger partial charge in [0.05, 0.1) is 11.7 Å². The maximum atomic E-state index is 12.8. The summed E-state index contributed by atoms with van der Waals surface area (Å²) in [7, 11) is 0. The predicted molar refractivity (Wildman–Crippen MR) is 112 cm³/mol. The molecule has 3 atom stereocenters. The number of nitrogens with zero attached hydrogens (tertiary/aromatic N) is 2. The largest absolute Gasteiger partial charge is 0.489 e. The standard InChI is InChI=1S/C23H33N3O4/c1-22(2,3)30-21(28)26-11-16-17(12-26)19(16)20(27)25-23(4,5)13-29-18-10-24-9-8-15(18)14-6-7-14/h8-10,14,16-17,19H,6-7,11-13H2,1-5H3,(H,25,27)/t16-,17+,19+. The summed E-state index contributed by atoms with van der Waals surface area (Å²) in [6.07, 6.45) is 5.68. The van der Waals surface area contributed by atoms with Gasteiger partial charge in [-0.1, -0.05) is 0 Å². The number of ether oxygens (including phenoxy) is 2. The number of amides is 2. The number of carbonyl (C=O) groups excluding carboxylic acids is 2. The lowest BCUT2D eigenvalue weighted by Crippen LogP contribution is -2.49. The minimum atomic E-state index is -0.502. The van der Waals surface area contributed by atoms with Crippen LogP contribution in [0.4, 0.5) is 4.79 Å². The lowest BCUT2D eigenvalue weighted by Gasteiger charge is -2.28. The van der Waals surface area contributed by atoms with Gasteiger partial charge in [0.1, 0.15) is 18.0 Å². The van der Waals surface area contributed by atoms with E-state index >= 15 is 0 Å². The van der Waals surface area contributed by atoms with Gasteiger partial charge in [0.25, 0.3) is 0 Å². The Morgan fingerprint density at radius 3 is 2.43 bits per heavy atom. The quantitative estimate of drug-likeness (QED) is 0.771. The van der Waals surface area contributed by atoms with Crippen molar-refractivity contribution in [2.75, 3.05) is 19.7 Å². The van der Waals surface area contributed by atoms with E-state index in [1.54, 1.807) is 17.3 Å². The second kappa shape index (κ2) is 7.43. The fraction of sp³-hybridized carbons (Fsp3) is 0.696. The molecule has 7 heteroatoms. The number of hydrogen-bond donors (Lipinski definition) is 1. The second-order valence-electron chi connectivity index (χ2n) is 10.6. The molecule has 1 saturated heterocycles. The molecular formula is C23H33N3O4. The Hall–Kier alpha value is -2.31. The molecule has 30 heavy (non-hydrogen) atoms. The minimum absolute atomic E-state index is 0.0246. The van der Waals surface area contributed by atoms with E-state index < -0.39 is 11.1 Å². The highest BCUT2D eigenvalue weighted by molar-refractivity contribution is 5.84. The van der Waals surface area contributed by atoms with Gasteiger partial charge in [-0.25, -0.2) is 4.79 Å². The van der Waals surface area contributed by atoms with Crippen LogP contribution >= 0.6 is 0 Å². The van der Waals surface area contributed by atoms with E-state index in [1.165, 1.54) is 18.4 Å². The number of piperidine rings is 1. The molecule has 4 rings (SSSR count). The van der Waals surface area contributed by atoms with E-state index in [1.807, 2.05) is 40.7 Å². The summed E-state index contributed by atoms with van der Waals surface area (Å²) in [6.45, 7) is 11.1. The summed E-state index contributed by atoms with van der Waals surface area (Å²) in [6, 6.07) is 2.03. The van der Waals surface area contributed by atoms with Gasteiger partial charge in [-0.15, -0.1) is 0 Å². The van der Waals surface area contributed by atoms with Crippen molar-refractivity contribution in [3.05, 3.63) is 24.0 Å². The topological polar surface area (TPSA) is 80.8 Å². The fourth-order valence-corrected chi connectivity index (χ4v) is 4.34. The number of rotatable bonds is 6. The van der Waals surface area contributed by atoms with Crippen molar-refractivity contribution in [1.29, 1.82) is 0 Å². The number of carbonyl (C=O) groups is 2. The molecule has 3 fully saturated rings. The van der Waals surface area contributed by atoms with Crippen LogP contribution < -0.4 is 10.1 Å². The van der Waals surface area contributed by atoms with Crippen LogP contribution in [0.3, 0.4) is 0 Å². The highest BCUT2D eigenvalue weighted by atomic mass is 16.6. The van der Waals surface area contributed by atoms with Gasteiger partial charge in [-0.2, -0.15) is 0 Å². The number of hydrogen-bond acceptors (Lipinski definition) is 5. The van der Waals surface area contributed by atoms with Crippen molar-refractivity contribution in [1.82, 2.24) is 15.2 Å². The van der Waals surface area contributed by atoms with Gasteiger partial charge in [0, 0.05) is 30.8 Å². The third kappa shape index (κ3) is 4.71. The first-order valence-electron chi connectivity index (χ1n) is 10.9. The number of nitrogens with one attached hydrogen (secondary N) is 1. The van der Waals surface area contributed by atoms with Crippen LogP contribution in [0.15, 0.2) is 18.5 Å². The third-order valence-electron chi connectivity index (χ3n) is 6.03. The lowest BCUT2D eigenvalue weighted by atomic mass is 10.1. The molecule has 0 radical (unpaired) electrons. The van der Waals surface area contributed by atoms with Crippen molar-refractivity contribution in [2.45, 2.75) is 64.5 Å². The van der Waals surface area contributed by atoms with Crippen molar-refractivity contribution in [2.24, 2.45) is 17.8 Å². The van der Waals surface area contributed by atoms with Gasteiger partial charge < -0.3 is 19.7 Å². The molecule has 0 unspecified atom stereocenters. The number of pyridine rings is 1. The Morgan fingerprint density at radius 1 is 1.17 bits per heavy atom. The van der Waals surface area contributed by atoms with Crippen LogP contribution in [-0.2, 0) is 9.53 Å². The Morgan fingerprint density at radius 2 is 1.83 bits per heavy atom. The van der Waals surface area contributed by atoms with Crippen LogP contribution in [-0.4, -0.2) is 52.7 Å². The molecule has 2 aliphatic carbocycles. The van der Waals surface area contributed by atoms with Crippen LogP contribution in [0.2, 0.25) is 0 Å². The van der Waals surface area contributed by atoms with Gasteiger partial charge in [-0.3, -0.25) is 9.78 Å². The highest BCUT2D eigenvalue weighted by Gasteiger charge is 2.61. The van der Waals surface area contributed by atoms with Gasteiger partial charge in [-0.05, 0) is 71.3 Å². The molecule has 2 saturated carbocycles. The van der Waals surface area contributed by atoms with Crippen LogP contribution in [0.5, 0.6) is 5.75 Å². The van der Waals surface area contributed by atoms with Crippen molar-refractivity contribution in [3.8, 4) is 5.75 Å². The summed E-state index contributed by atoms with van der Waals surface area (Å²) in [4.78, 5) is 30.9. The van der Waals surface area contributed by atoms with Gasteiger partial charge in [0.2, 0.25) is 5.91 Å². The van der Waals surface area contributed by atoms with Gasteiger partial charge in [0.15, 0.2) is 0 Å². The zero-order valence-electron chi connectivity index (χ0n) is 18.6. The normalized spacial score (nSPS) is 25.5. The van der Waals surface area contributed by atoms with Crippen LogP contribution in [0, 0.1) is 17.8 Å². The van der Waals surface area contributed by atoms with Crippen molar-refractivity contribution < 1.29 is 19.1 Å². The third-order valence-corrected chi connectivity index (χ3v) is 6.03. The van der Waals surface area contributed by atoms with E-state index in [0.29, 0.717) is 25.6 Å². The predicted octanol–water partition coefficient (Wildman–Crippen LogP) is 3.35. The molecule has 0 aromatic carbocycles. The molecule has 2 heterocycles. The molecule has 1 N–H and O–H groups in total. The average Bonchev–Trinajstić information content (AvgIpc) is 3.56. The lowest BCUT2D eigenvalue weighted by molar-refractivity contribution is -0.125. The Balaban J connectivity index is 1.25. The van der Waals surface area contributed by atoms with Gasteiger partial charge >= 0.3 is 6.09 Å². The van der Waals surface area contributed by atoms with E-state index in [0.717, 1.165) is 5.75 Å². The molecule has 164 valence electrons. The number of aromatic nitrogens is 1. The molecule has 0 spiro atoms. The average molecular weight is 416 g/mol. The SMILES string of the molecule is CC(C)(COc1cnccc1C1CC1)NC(=O)[C@H]1[C@@H]2CN(C(=O)OC(C)(C)C)C[C@@H]21. The first kappa shape index (κ1) is 20.9. The first-order valence-corrected chi connectivity index (χ1v) is 10.9. The monoisotopic (exact) mass is 415 g/mol. The highest BCUT2D eigenvalue weighted by Crippen LogP contribution is 2.52. The Kier molecular flexibility index (Phi) is 5.19. The summed E-state index contributed by atoms with van der Waals surface area (Å²) in [5, 5.41) is 3.14. The summed E-state index contributed by atoms with van der Waals surface area (Å²) in [5.41, 5.74) is 0.222. The minimum Gasteiger partial charge on any atom is -0.489 e. The van der Waals surface area contributed by atoms with Crippen LogP contribution in [0.1, 0.15) is 58.9 Å². The molecule has 0 bridgehead atoms. The number of likely N-dealkylation sites (tertiary alicyclic amines) is 1. The maximum absolute atomic E-state index is 12.8. The van der Waals surface area contributed by atoms with Crippen molar-refractivity contribution >= 4 is 12.0 Å². The molecule has 1 aromatic rings. The smallest absolute Gasteiger partial charge is 0.410 e. The number of fused-ring (bicyclic) bond motifs is 1. The Bertz CT molecular complexity index is 816. The zero-order chi connectivity index (χ0) is 21.7. The molecule has 1 aromatic heterocycles.